The van der Waals surface area contributed by atoms with E-state index in [4.69, 9.17) is 33.1 Å². The molecule has 10 heterocycles. The number of anilines is 5. The molecule has 0 spiro atoms. The third-order valence-corrected chi connectivity index (χ3v) is 32.0. The van der Waals surface area contributed by atoms with Crippen molar-refractivity contribution in [2.75, 3.05) is 131 Å². The van der Waals surface area contributed by atoms with E-state index in [1.807, 2.05) is 133 Å². The summed E-state index contributed by atoms with van der Waals surface area (Å²) < 4.78 is 31.6. The van der Waals surface area contributed by atoms with Crippen molar-refractivity contribution in [2.45, 2.75) is 289 Å². The van der Waals surface area contributed by atoms with Crippen LogP contribution in [0.3, 0.4) is 0 Å². The number of nitrogens with two attached hydrogens (primary N) is 1. The topological polar surface area (TPSA) is 404 Å². The number of benzene rings is 5. The predicted molar refractivity (Wildman–Crippen MR) is 551 cm³/mol. The van der Waals surface area contributed by atoms with Crippen molar-refractivity contribution >= 4 is 119 Å². The number of rotatable bonds is 29. The largest absolute Gasteiger partial charge is 0.466 e. The van der Waals surface area contributed by atoms with Crippen molar-refractivity contribution in [3.63, 3.8) is 0 Å². The maximum Gasteiger partial charge on any atom is 0.308 e. The molecule has 6 aliphatic carbocycles. The van der Waals surface area contributed by atoms with Gasteiger partial charge in [-0.3, -0.25) is 53.3 Å². The van der Waals surface area contributed by atoms with E-state index in [2.05, 4.69) is 124 Å². The molecule has 141 heavy (non-hydrogen) atoms. The number of fused-ring (bicyclic) bond motifs is 5. The number of hydrogen-bond donors (Lipinski definition) is 11. The van der Waals surface area contributed by atoms with Gasteiger partial charge < -0.3 is 86.3 Å². The van der Waals surface area contributed by atoms with E-state index in [9.17, 15) is 28.8 Å². The normalized spacial score (nSPS) is 24.2. The summed E-state index contributed by atoms with van der Waals surface area (Å²) >= 11 is 0. The lowest BCUT2D eigenvalue weighted by Gasteiger charge is -2.47. The molecule has 5 amide bonds. The number of nitrogens with one attached hydrogen (secondary N) is 10. The van der Waals surface area contributed by atoms with E-state index in [-0.39, 0.29) is 104 Å². The maximum atomic E-state index is 12.4. The highest BCUT2D eigenvalue weighted by Gasteiger charge is 2.42. The highest BCUT2D eigenvalue weighted by Crippen LogP contribution is 2.42. The number of nitrogens with zero attached hydrogens (tertiary/aromatic N) is 10. The number of ether oxygens (including phenoxy) is 1. The van der Waals surface area contributed by atoms with Gasteiger partial charge in [-0.15, -0.1) is 0 Å². The first-order valence-electron chi connectivity index (χ1n) is 52.9. The van der Waals surface area contributed by atoms with E-state index in [0.717, 1.165) is 223 Å². The molecule has 0 atom stereocenters. The Morgan fingerprint density at radius 2 is 0.589 bits per heavy atom. The van der Waals surface area contributed by atoms with Crippen molar-refractivity contribution in [1.82, 2.24) is 76.9 Å². The monoisotopic (exact) mass is 1940 g/mol. The Balaban J connectivity index is 0.000000122. The molecule has 6 saturated carbocycles. The van der Waals surface area contributed by atoms with Crippen LogP contribution in [0.15, 0.2) is 114 Å². The minimum Gasteiger partial charge on any atom is -0.466 e. The van der Waals surface area contributed by atoms with Crippen molar-refractivity contribution < 1.29 is 56.1 Å². The van der Waals surface area contributed by atoms with E-state index in [0.29, 0.717) is 65.4 Å². The fraction of sp³-hybridized carbons (Fsp3) is 0.620. The number of carbonyl (C=O) groups excluding carboxylic acids is 6. The minimum atomic E-state index is -0.0488. The molecular formula is C108H153N21O12. The summed E-state index contributed by atoms with van der Waals surface area (Å²) in [6.45, 7) is 30.0. The third kappa shape index (κ3) is 27.1. The Bertz CT molecular complexity index is 5640. The molecule has 0 radical (unpaired) electrons. The Hall–Kier alpha value is -11.0. The smallest absolute Gasteiger partial charge is 0.308 e. The number of aryl methyl sites for hydroxylation is 5. The number of aromatic nitrogens is 5. The molecule has 0 bridgehead atoms. The van der Waals surface area contributed by atoms with Gasteiger partial charge in [0.25, 0.3) is 0 Å². The van der Waals surface area contributed by atoms with Crippen molar-refractivity contribution in [2.24, 2.45) is 41.2 Å². The summed E-state index contributed by atoms with van der Waals surface area (Å²) in [5.74, 6) is 7.68. The van der Waals surface area contributed by atoms with E-state index < -0.39 is 0 Å². The van der Waals surface area contributed by atoms with Crippen LogP contribution in [0.1, 0.15) is 216 Å². The molecule has 10 aromatic rings. The van der Waals surface area contributed by atoms with Gasteiger partial charge in [0.15, 0.2) is 57.0 Å². The third-order valence-electron chi connectivity index (χ3n) is 32.0. The van der Waals surface area contributed by atoms with Crippen LogP contribution in [-0.4, -0.2) is 257 Å². The average molecular weight is 1940 g/mol. The van der Waals surface area contributed by atoms with Gasteiger partial charge >= 0.3 is 5.97 Å². The molecule has 5 aromatic heterocycles. The highest BCUT2D eigenvalue weighted by molar-refractivity contribution is 5.95. The van der Waals surface area contributed by atoms with E-state index in [1.54, 1.807) is 0 Å². The molecule has 33 heteroatoms. The van der Waals surface area contributed by atoms with E-state index >= 15 is 0 Å². The quantitative estimate of drug-likeness (QED) is 0.0194. The molecular weight excluding hydrogens is 1780 g/mol. The van der Waals surface area contributed by atoms with Crippen molar-refractivity contribution in [1.29, 1.82) is 0 Å². The van der Waals surface area contributed by atoms with Gasteiger partial charge in [0.05, 0.1) is 102 Å². The minimum absolute atomic E-state index is 0.00993. The second-order valence-electron chi connectivity index (χ2n) is 43.0. The first-order chi connectivity index (χ1) is 68.3. The lowest BCUT2D eigenvalue weighted by atomic mass is 9.72. The van der Waals surface area contributed by atoms with Gasteiger partial charge in [0.1, 0.15) is 0 Å². The van der Waals surface area contributed by atoms with Crippen LogP contribution < -0.4 is 58.9 Å². The fourth-order valence-electron chi connectivity index (χ4n) is 23.3. The van der Waals surface area contributed by atoms with Crippen LogP contribution in [0.2, 0.25) is 0 Å². The van der Waals surface area contributed by atoms with Gasteiger partial charge in [-0.1, -0.05) is 137 Å². The van der Waals surface area contributed by atoms with Gasteiger partial charge in [-0.25, -0.2) is 0 Å². The second-order valence-corrected chi connectivity index (χ2v) is 43.0. The predicted octanol–water partition coefficient (Wildman–Crippen LogP) is 15.1. The van der Waals surface area contributed by atoms with Gasteiger partial charge in [0.2, 0.25) is 29.5 Å². The molecule has 11 aliphatic rings. The second kappa shape index (κ2) is 47.9. The average Bonchev–Trinajstić information content (AvgIpc) is 1.44. The van der Waals surface area contributed by atoms with Crippen molar-refractivity contribution in [3.8, 4) is 0 Å². The zero-order valence-electron chi connectivity index (χ0n) is 84.4. The molecule has 12 N–H and O–H groups in total. The summed E-state index contributed by atoms with van der Waals surface area (Å²) in [6, 6.07) is 34.4. The van der Waals surface area contributed by atoms with E-state index in [1.165, 1.54) is 122 Å². The molecule has 33 nitrogen and oxygen atoms in total. The number of esters is 1. The summed E-state index contributed by atoms with van der Waals surface area (Å²) in [4.78, 5) is 85.8. The molecule has 21 rings (SSSR count). The van der Waals surface area contributed by atoms with Gasteiger partial charge in [-0.05, 0) is 260 Å². The maximum absolute atomic E-state index is 12.4. The van der Waals surface area contributed by atoms with Gasteiger partial charge in [0, 0.05) is 102 Å². The number of carbonyl (C=O) groups is 6. The van der Waals surface area contributed by atoms with Crippen LogP contribution in [0.4, 0.5) is 29.1 Å². The Morgan fingerprint density at radius 1 is 0.340 bits per heavy atom. The molecule has 5 aliphatic heterocycles. The van der Waals surface area contributed by atoms with Gasteiger partial charge in [-0.2, -0.15) is 0 Å². The first-order valence-corrected chi connectivity index (χ1v) is 52.9. The summed E-state index contributed by atoms with van der Waals surface area (Å²) in [6.07, 6.45) is 31.9. The first kappa shape index (κ1) is 102. The number of likely N-dealkylation sites (tertiary alicyclic amines) is 5. The molecule has 11 fully saturated rings. The summed E-state index contributed by atoms with van der Waals surface area (Å²) in [5.41, 5.74) is 15.3. The summed E-state index contributed by atoms with van der Waals surface area (Å²) in [5, 5.41) is 55.8. The fourth-order valence-corrected chi connectivity index (χ4v) is 23.3. The Labute approximate surface area is 828 Å². The standard InChI is InChI=1S/C25H36N4O2.C22H30N4O4.C22H32N4O2.C20H28N4O2.C19H27N5O2/c1-17-7-12-23-22(13-17)25(28-31-23)26-14-24(30)27-20-15-29(16-20)21-10-8-19(9-11-21)18-5-3-2-4-6-18;1-3-29-22(28)15-5-7-17(8-6-15)26-12-16(13-26)24-20(27)11-23-21-18-10-14(2)4-9-19(18)30-25-21;1-14(2)16-5-7-18(8-6-16)26-12-17(13-26)24-21(27)11-23-22-19-10-15(3)4-9-20(19)28-25-22;1-13-3-6-16(7-4-13)24-11-15(12-24)22-19(25)10-21-20-17-9-14(2)5-8-18(17)26-23-20;1-12-2-7-17-16(8-12)19(23-26-17)21-9-18(25)22-14-10-24(11-14)15-5-3-13(20)4-6-15/h7,12-13,18-21H,2-6,8-11,14-16H2,1H3,(H,26,28)(H,27,30);4,9-10,15-17H,3,5-8,11-13H2,1-2H3,(H,23,25)(H,24,27);4,9-10,14,16-18H,5-8,11-13H2,1-3H3,(H,23,25)(H,24,27);5,8-9,13,15-16H,3-4,6-7,10-12H2,1-2H3,(H,21,23)(H,22,25);2,7-8,13-15H,3-6,9-11,20H2,1H3,(H,21,23)(H,22,25). The number of amides is 5. The lowest BCUT2D eigenvalue weighted by molar-refractivity contribution is -0.149. The zero-order chi connectivity index (χ0) is 98.2. The lowest BCUT2D eigenvalue weighted by Crippen LogP contribution is -2.63. The number of hydrogen-bond acceptors (Lipinski definition) is 28. The van der Waals surface area contributed by atoms with Crippen LogP contribution >= 0.6 is 0 Å². The molecule has 762 valence electrons. The molecule has 0 unspecified atom stereocenters. The molecule has 5 aromatic carbocycles. The van der Waals surface area contributed by atoms with Crippen LogP contribution in [-0.2, 0) is 33.5 Å². The van der Waals surface area contributed by atoms with Crippen LogP contribution in [0.5, 0.6) is 0 Å². The summed E-state index contributed by atoms with van der Waals surface area (Å²) in [7, 11) is 0. The van der Waals surface area contributed by atoms with Crippen molar-refractivity contribution in [3.05, 3.63) is 119 Å². The van der Waals surface area contributed by atoms with Crippen LogP contribution in [0.25, 0.3) is 54.8 Å². The Morgan fingerprint density at radius 3 is 0.858 bits per heavy atom. The Kier molecular flexibility index (Phi) is 34.5. The SMILES string of the molecule is CCOC(=O)C1CCC(N2CC(NC(=O)CNc3noc4ccc(C)cc34)C2)CC1.Cc1ccc2onc(NCC(=O)NC3CN(C4CCC(C(C)C)CC4)C3)c2c1.Cc1ccc2onc(NCC(=O)NC3CN(C4CCC(C)CC4)C3)c2c1.Cc1ccc2onc(NCC(=O)NC3CN(C4CCC(C5CCCCC5)CC4)C3)c2c1.Cc1ccc2onc(NCC(=O)NC3CN(C4CCC(N)CC4)C3)c2c1. The van der Waals surface area contributed by atoms with Crippen LogP contribution in [0, 0.1) is 70.1 Å². The highest BCUT2D eigenvalue weighted by atomic mass is 16.5. The zero-order valence-corrected chi connectivity index (χ0v) is 84.4. The molecule has 5 saturated heterocycles.